The Morgan fingerprint density at radius 1 is 1.11 bits per heavy atom. The number of alkyl halides is 3. The Balaban J connectivity index is 1.71. The minimum atomic E-state index is -5.09. The van der Waals surface area contributed by atoms with Crippen molar-refractivity contribution in [3.05, 3.63) is 77.9 Å². The predicted molar refractivity (Wildman–Crippen MR) is 128 cm³/mol. The highest BCUT2D eigenvalue weighted by atomic mass is 19.4. The molecule has 3 rings (SSSR count). The molecule has 2 aromatic rings. The van der Waals surface area contributed by atoms with E-state index in [1.54, 1.807) is 30.5 Å². The third-order valence-electron chi connectivity index (χ3n) is 5.28. The number of amides is 2. The number of ketones is 1. The number of amidine groups is 1. The summed E-state index contributed by atoms with van der Waals surface area (Å²) >= 11 is 0. The van der Waals surface area contributed by atoms with Gasteiger partial charge in [0.25, 0.3) is 5.78 Å². The van der Waals surface area contributed by atoms with Gasteiger partial charge in [-0.1, -0.05) is 44.2 Å². The maximum absolute atomic E-state index is 13.0. The molecule has 0 aliphatic carbocycles. The molecule has 2 heterocycles. The van der Waals surface area contributed by atoms with E-state index in [0.29, 0.717) is 17.1 Å². The van der Waals surface area contributed by atoms with Crippen LogP contribution in [0.5, 0.6) is 0 Å². The summed E-state index contributed by atoms with van der Waals surface area (Å²) in [7, 11) is 0. The van der Waals surface area contributed by atoms with Crippen molar-refractivity contribution in [2.45, 2.75) is 32.7 Å². The molecule has 2 amide bonds. The number of Topliss-reactive ketones (excluding diaryl/α,β-unsaturated/α-hetero) is 1. The molecule has 1 aliphatic rings. The highest BCUT2D eigenvalue weighted by Crippen LogP contribution is 2.21. The fourth-order valence-electron chi connectivity index (χ4n) is 3.49. The highest BCUT2D eigenvalue weighted by molar-refractivity contribution is 6.02. The largest absolute Gasteiger partial charge is 0.452 e. The number of alkyl carbamates (subject to hydrolysis) is 1. The molecule has 1 aromatic carbocycles. The van der Waals surface area contributed by atoms with E-state index in [2.05, 4.69) is 20.6 Å². The Kier molecular flexibility index (Phi) is 8.99. The number of hydrogen-bond acceptors (Lipinski definition) is 7. The first-order valence-electron chi connectivity index (χ1n) is 11.3. The van der Waals surface area contributed by atoms with Crippen molar-refractivity contribution in [1.29, 1.82) is 0 Å². The number of benzene rings is 1. The van der Waals surface area contributed by atoms with Gasteiger partial charge in [-0.3, -0.25) is 19.9 Å². The monoisotopic (exact) mass is 517 g/mol. The molecule has 9 nitrogen and oxygen atoms in total. The second-order valence-corrected chi connectivity index (χ2v) is 8.54. The lowest BCUT2D eigenvalue weighted by Crippen LogP contribution is -2.53. The summed E-state index contributed by atoms with van der Waals surface area (Å²) in [5.74, 6) is -3.32. The van der Waals surface area contributed by atoms with Crippen LogP contribution in [-0.2, 0) is 20.9 Å². The number of aromatic nitrogens is 1. The van der Waals surface area contributed by atoms with Crippen molar-refractivity contribution in [3.63, 3.8) is 0 Å². The van der Waals surface area contributed by atoms with Crippen LogP contribution < -0.4 is 10.6 Å². The van der Waals surface area contributed by atoms with Crippen LogP contribution >= 0.6 is 0 Å². The van der Waals surface area contributed by atoms with Crippen LogP contribution in [0.15, 0.2) is 71.7 Å². The van der Waals surface area contributed by atoms with Crippen molar-refractivity contribution >= 4 is 23.6 Å². The lowest BCUT2D eigenvalue weighted by Gasteiger charge is -2.30. The maximum atomic E-state index is 13.0. The summed E-state index contributed by atoms with van der Waals surface area (Å²) in [6.45, 7) is 2.41. The number of pyridine rings is 1. The van der Waals surface area contributed by atoms with Gasteiger partial charge in [0.2, 0.25) is 5.91 Å². The summed E-state index contributed by atoms with van der Waals surface area (Å²) in [5, 5.41) is 4.75. The average Bonchev–Trinajstić information content (AvgIpc) is 2.86. The van der Waals surface area contributed by atoms with E-state index in [0.717, 1.165) is 5.56 Å². The Morgan fingerprint density at radius 2 is 1.84 bits per heavy atom. The van der Waals surface area contributed by atoms with Crippen LogP contribution in [0.1, 0.15) is 25.0 Å². The minimum absolute atomic E-state index is 0.0128. The van der Waals surface area contributed by atoms with E-state index >= 15 is 0 Å². The molecule has 0 saturated carbocycles. The number of rotatable bonds is 9. The molecule has 0 radical (unpaired) electrons. The van der Waals surface area contributed by atoms with E-state index < -0.39 is 42.5 Å². The molecule has 0 fully saturated rings. The number of carbonyl (C=O) groups excluding carboxylic acids is 3. The molecule has 12 heteroatoms. The van der Waals surface area contributed by atoms with Gasteiger partial charge < -0.3 is 15.0 Å². The van der Waals surface area contributed by atoms with Crippen molar-refractivity contribution in [2.75, 3.05) is 13.1 Å². The van der Waals surface area contributed by atoms with Crippen molar-refractivity contribution in [2.24, 2.45) is 10.9 Å². The van der Waals surface area contributed by atoms with Crippen molar-refractivity contribution < 1.29 is 32.3 Å². The van der Waals surface area contributed by atoms with Gasteiger partial charge in [-0.05, 0) is 23.6 Å². The Bertz CT molecular complexity index is 1170. The molecule has 1 aromatic heterocycles. The molecule has 1 unspecified atom stereocenters. The first-order valence-corrected chi connectivity index (χ1v) is 11.3. The van der Waals surface area contributed by atoms with Gasteiger partial charge >= 0.3 is 12.3 Å². The van der Waals surface area contributed by atoms with Crippen LogP contribution in [0.4, 0.5) is 18.0 Å². The quantitative estimate of drug-likeness (QED) is 0.528. The molecule has 0 saturated heterocycles. The first-order chi connectivity index (χ1) is 17.5. The summed E-state index contributed by atoms with van der Waals surface area (Å²) in [6, 6.07) is 10.7. The van der Waals surface area contributed by atoms with E-state index in [1.165, 1.54) is 31.1 Å². The van der Waals surface area contributed by atoms with Gasteiger partial charge in [-0.15, -0.1) is 0 Å². The molecule has 2 N–H and O–H groups in total. The normalized spacial score (nSPS) is 14.4. The zero-order valence-corrected chi connectivity index (χ0v) is 20.2. The Morgan fingerprint density at radius 3 is 2.46 bits per heavy atom. The molecule has 0 bridgehead atoms. The van der Waals surface area contributed by atoms with E-state index in [1.807, 2.05) is 18.2 Å². The second kappa shape index (κ2) is 12.2. The van der Waals surface area contributed by atoms with Gasteiger partial charge in [0, 0.05) is 18.0 Å². The van der Waals surface area contributed by atoms with Crippen LogP contribution in [0.3, 0.4) is 0 Å². The fourth-order valence-corrected chi connectivity index (χ4v) is 3.49. The molecule has 1 aliphatic heterocycles. The molecule has 1 atom stereocenters. The van der Waals surface area contributed by atoms with Gasteiger partial charge in [0.15, 0.2) is 0 Å². The summed E-state index contributed by atoms with van der Waals surface area (Å²) < 4.78 is 44.2. The molecule has 196 valence electrons. The first kappa shape index (κ1) is 27.4. The standard InChI is InChI=1S/C25H26F3N5O4/c1-16(2)21(22(35)25(26,27)28)32-20(34)14-33-13-19(12-30-23(33)18-9-6-10-29-11-18)31-24(36)37-15-17-7-4-3-5-8-17/h3-12,16,21H,13-15H2,1-2H3,(H,31,36)(H,32,34). The topological polar surface area (TPSA) is 113 Å². The number of nitrogens with zero attached hydrogens (tertiary/aromatic N) is 3. The summed E-state index contributed by atoms with van der Waals surface area (Å²) in [6.07, 6.45) is -1.38. The number of carbonyl (C=O) groups is 3. The molecule has 37 heavy (non-hydrogen) atoms. The van der Waals surface area contributed by atoms with E-state index in [-0.39, 0.29) is 13.2 Å². The minimum Gasteiger partial charge on any atom is -0.444 e. The number of halogens is 3. The van der Waals surface area contributed by atoms with Crippen LogP contribution in [-0.4, -0.2) is 58.8 Å². The smallest absolute Gasteiger partial charge is 0.444 e. The number of aliphatic imine (C=N–C) groups is 1. The van der Waals surface area contributed by atoms with Crippen LogP contribution in [0.2, 0.25) is 0 Å². The third kappa shape index (κ3) is 7.89. The number of hydrogen-bond donors (Lipinski definition) is 2. The van der Waals surface area contributed by atoms with E-state index in [4.69, 9.17) is 4.74 Å². The van der Waals surface area contributed by atoms with Crippen LogP contribution in [0.25, 0.3) is 0 Å². The summed E-state index contributed by atoms with van der Waals surface area (Å²) in [4.78, 5) is 46.6. The van der Waals surface area contributed by atoms with Gasteiger partial charge in [0.05, 0.1) is 31.0 Å². The van der Waals surface area contributed by atoms with E-state index in [9.17, 15) is 27.6 Å². The second-order valence-electron chi connectivity index (χ2n) is 8.54. The van der Waals surface area contributed by atoms with Gasteiger partial charge in [-0.25, -0.2) is 9.79 Å². The Hall–Kier alpha value is -4.22. The molecule has 0 spiro atoms. The maximum Gasteiger partial charge on any atom is 0.452 e. The van der Waals surface area contributed by atoms with Gasteiger partial charge in [0.1, 0.15) is 12.4 Å². The van der Waals surface area contributed by atoms with Crippen molar-refractivity contribution in [1.82, 2.24) is 20.5 Å². The zero-order valence-electron chi connectivity index (χ0n) is 20.2. The molecular weight excluding hydrogens is 491 g/mol. The fraction of sp³-hybridized carbons (Fsp3) is 0.320. The zero-order chi connectivity index (χ0) is 27.0. The molecular formula is C25H26F3N5O4. The number of nitrogens with one attached hydrogen (secondary N) is 2. The lowest BCUT2D eigenvalue weighted by atomic mass is 9.99. The highest BCUT2D eigenvalue weighted by Gasteiger charge is 2.45. The predicted octanol–water partition coefficient (Wildman–Crippen LogP) is 3.18. The average molecular weight is 518 g/mol. The lowest BCUT2D eigenvalue weighted by molar-refractivity contribution is -0.174. The number of ether oxygens (including phenoxy) is 1. The Labute approximate surface area is 211 Å². The van der Waals surface area contributed by atoms with Gasteiger partial charge in [-0.2, -0.15) is 13.2 Å². The van der Waals surface area contributed by atoms with Crippen LogP contribution in [0, 0.1) is 5.92 Å². The van der Waals surface area contributed by atoms with Crippen molar-refractivity contribution in [3.8, 4) is 0 Å². The third-order valence-corrected chi connectivity index (χ3v) is 5.28. The SMILES string of the molecule is CC(C)C(NC(=O)CN1CC(NC(=O)OCc2ccccc2)=CN=C1c1cccnc1)C(=O)C(F)(F)F. The summed E-state index contributed by atoms with van der Waals surface area (Å²) in [5.41, 5.74) is 1.63.